The van der Waals surface area contributed by atoms with Gasteiger partial charge in [0.25, 0.3) is 0 Å². The first-order valence-corrected chi connectivity index (χ1v) is 9.80. The Bertz CT molecular complexity index is 243. The molecule has 3 nitrogen and oxygen atoms in total. The Hall–Kier alpha value is -0.570. The smallest absolute Gasteiger partial charge is 0.0821 e. The number of nitrogens with one attached hydrogen (secondary N) is 1. The Balaban J connectivity index is 0. The lowest BCUT2D eigenvalue weighted by molar-refractivity contribution is -0.962. The van der Waals surface area contributed by atoms with Crippen LogP contribution >= 0.6 is 0 Å². The Morgan fingerprint density at radius 3 is 1.35 bits per heavy atom. The fraction of sp³-hybridized carbons (Fsp3) is 0.950. The molecule has 0 spiro atoms. The van der Waals surface area contributed by atoms with Gasteiger partial charge < -0.3 is 14.8 Å². The number of carboxylic acid groups (broad SMARTS) is 1. The number of hydrogen-bond donors (Lipinski definition) is 1. The largest absolute Gasteiger partial charge is 0.550 e. The Kier molecular flexibility index (Phi) is 17.5. The van der Waals surface area contributed by atoms with E-state index in [0.717, 1.165) is 31.0 Å². The van der Waals surface area contributed by atoms with Gasteiger partial charge in [-0.25, -0.2) is 0 Å². The summed E-state index contributed by atoms with van der Waals surface area (Å²) in [5, 5.41) is 10.1. The molecular formula is C20H43NO2. The van der Waals surface area contributed by atoms with Crippen molar-refractivity contribution in [1.29, 1.82) is 0 Å². The number of unbranched alkanes of at least 4 members (excludes halogenated alkanes) is 7. The van der Waals surface area contributed by atoms with Crippen LogP contribution in [0.2, 0.25) is 0 Å². The molecule has 3 heteroatoms. The zero-order valence-corrected chi connectivity index (χ0v) is 16.9. The highest BCUT2D eigenvalue weighted by molar-refractivity contribution is 5.63. The number of carboxylic acids is 1. The SMILES string of the molecule is CC(C)[NH+](C(C)C)C(C)C.CCCCCCCCCCC(=O)[O-]. The summed E-state index contributed by atoms with van der Waals surface area (Å²) in [4.78, 5) is 11.8. The quantitative estimate of drug-likeness (QED) is 0.558. The van der Waals surface area contributed by atoms with E-state index in [1.54, 1.807) is 4.90 Å². The first kappa shape index (κ1) is 24.7. The van der Waals surface area contributed by atoms with Gasteiger partial charge in [-0.3, -0.25) is 0 Å². The zero-order valence-electron chi connectivity index (χ0n) is 16.9. The third-order valence-corrected chi connectivity index (χ3v) is 4.23. The fourth-order valence-electron chi connectivity index (χ4n) is 3.40. The number of quaternary nitrogens is 1. The minimum Gasteiger partial charge on any atom is -0.550 e. The average molecular weight is 330 g/mol. The average Bonchev–Trinajstić information content (AvgIpc) is 2.40. The highest BCUT2D eigenvalue weighted by atomic mass is 16.4. The standard InChI is InChI=1S/C11H22O2.C9H21N/c1-2-3-4-5-6-7-8-9-10-11(12)13;1-7(2)10(8(3)4)9(5)6/h2-10H2,1H3,(H,12,13);7-9H,1-6H3. The summed E-state index contributed by atoms with van der Waals surface area (Å²) in [6, 6.07) is 2.25. The van der Waals surface area contributed by atoms with E-state index >= 15 is 0 Å². The fourth-order valence-corrected chi connectivity index (χ4v) is 3.40. The lowest BCUT2D eigenvalue weighted by atomic mass is 10.1. The van der Waals surface area contributed by atoms with Crippen molar-refractivity contribution in [3.05, 3.63) is 0 Å². The molecule has 0 aliphatic heterocycles. The van der Waals surface area contributed by atoms with Gasteiger partial charge in [-0.05, 0) is 54.4 Å². The monoisotopic (exact) mass is 329 g/mol. The summed E-state index contributed by atoms with van der Waals surface area (Å²) < 4.78 is 0. The summed E-state index contributed by atoms with van der Waals surface area (Å²) in [6.45, 7) is 15.9. The van der Waals surface area contributed by atoms with Crippen LogP contribution in [0, 0.1) is 0 Å². The summed E-state index contributed by atoms with van der Waals surface area (Å²) in [6.07, 6.45) is 9.75. The van der Waals surface area contributed by atoms with Crippen molar-refractivity contribution in [2.24, 2.45) is 0 Å². The summed E-state index contributed by atoms with van der Waals surface area (Å²) in [5.41, 5.74) is 0. The van der Waals surface area contributed by atoms with Crippen LogP contribution in [0.3, 0.4) is 0 Å². The van der Waals surface area contributed by atoms with Crippen LogP contribution < -0.4 is 10.0 Å². The molecule has 0 heterocycles. The number of carbonyl (C=O) groups is 1. The van der Waals surface area contributed by atoms with Crippen LogP contribution in [0.25, 0.3) is 0 Å². The molecule has 0 bridgehead atoms. The molecule has 1 N–H and O–H groups in total. The predicted octanol–water partition coefficient (Wildman–Crippen LogP) is 3.36. The molecule has 0 aromatic heterocycles. The molecule has 0 aliphatic carbocycles. The molecular weight excluding hydrogens is 286 g/mol. The van der Waals surface area contributed by atoms with Gasteiger partial charge in [0.05, 0.1) is 18.1 Å². The Labute approximate surface area is 145 Å². The molecule has 0 atom stereocenters. The summed E-state index contributed by atoms with van der Waals surface area (Å²) in [5.74, 6) is -0.911. The lowest BCUT2D eigenvalue weighted by Crippen LogP contribution is -3.20. The minimum atomic E-state index is -0.911. The van der Waals surface area contributed by atoms with Gasteiger partial charge in [-0.15, -0.1) is 0 Å². The van der Waals surface area contributed by atoms with E-state index in [9.17, 15) is 9.90 Å². The Morgan fingerprint density at radius 1 is 0.739 bits per heavy atom. The van der Waals surface area contributed by atoms with Gasteiger partial charge in [0.2, 0.25) is 0 Å². The van der Waals surface area contributed by atoms with Crippen molar-refractivity contribution in [1.82, 2.24) is 0 Å². The number of rotatable bonds is 12. The van der Waals surface area contributed by atoms with Crippen LogP contribution in [0.15, 0.2) is 0 Å². The molecule has 0 aliphatic rings. The van der Waals surface area contributed by atoms with Crippen molar-refractivity contribution in [2.45, 2.75) is 124 Å². The maximum atomic E-state index is 10.1. The van der Waals surface area contributed by atoms with E-state index < -0.39 is 5.97 Å². The first-order chi connectivity index (χ1) is 10.7. The van der Waals surface area contributed by atoms with Gasteiger partial charge in [0.1, 0.15) is 0 Å². The third kappa shape index (κ3) is 17.6. The van der Waals surface area contributed by atoms with Gasteiger partial charge in [0, 0.05) is 5.97 Å². The highest BCUT2D eigenvalue weighted by Gasteiger charge is 2.19. The summed E-state index contributed by atoms with van der Waals surface area (Å²) in [7, 11) is 0. The molecule has 0 rings (SSSR count). The van der Waals surface area contributed by atoms with Crippen LogP contribution in [-0.4, -0.2) is 24.1 Å². The highest BCUT2D eigenvalue weighted by Crippen LogP contribution is 2.08. The number of aliphatic carboxylic acids is 1. The number of hydrogen-bond acceptors (Lipinski definition) is 2. The molecule has 0 fully saturated rings. The van der Waals surface area contributed by atoms with E-state index in [0.29, 0.717) is 0 Å². The molecule has 0 radical (unpaired) electrons. The second kappa shape index (κ2) is 16.3. The maximum Gasteiger partial charge on any atom is 0.0821 e. The van der Waals surface area contributed by atoms with Gasteiger partial charge >= 0.3 is 0 Å². The minimum absolute atomic E-state index is 0.231. The lowest BCUT2D eigenvalue weighted by Gasteiger charge is -2.31. The second-order valence-corrected chi connectivity index (χ2v) is 7.56. The first-order valence-electron chi connectivity index (χ1n) is 9.80. The van der Waals surface area contributed by atoms with E-state index in [2.05, 4.69) is 48.5 Å². The van der Waals surface area contributed by atoms with E-state index in [-0.39, 0.29) is 6.42 Å². The predicted molar refractivity (Wildman–Crippen MR) is 98.6 cm³/mol. The molecule has 0 unspecified atom stereocenters. The van der Waals surface area contributed by atoms with Crippen LogP contribution in [0.4, 0.5) is 0 Å². The summed E-state index contributed by atoms with van der Waals surface area (Å²) >= 11 is 0. The van der Waals surface area contributed by atoms with Gasteiger partial charge in [-0.2, -0.15) is 0 Å². The number of carbonyl (C=O) groups excluding carboxylic acids is 1. The maximum absolute atomic E-state index is 10.1. The topological polar surface area (TPSA) is 44.6 Å². The molecule has 0 saturated carbocycles. The van der Waals surface area contributed by atoms with E-state index in [1.165, 1.54) is 38.5 Å². The molecule has 0 saturated heterocycles. The third-order valence-electron chi connectivity index (χ3n) is 4.23. The van der Waals surface area contributed by atoms with Crippen molar-refractivity contribution in [3.8, 4) is 0 Å². The molecule has 0 aromatic carbocycles. The van der Waals surface area contributed by atoms with Crippen LogP contribution in [0.5, 0.6) is 0 Å². The van der Waals surface area contributed by atoms with Crippen molar-refractivity contribution in [2.75, 3.05) is 0 Å². The Morgan fingerprint density at radius 2 is 1.09 bits per heavy atom. The van der Waals surface area contributed by atoms with Crippen molar-refractivity contribution >= 4 is 5.97 Å². The normalized spacial score (nSPS) is 11.3. The van der Waals surface area contributed by atoms with E-state index in [1.807, 2.05) is 0 Å². The molecule has 140 valence electrons. The molecule has 0 amide bonds. The molecule has 23 heavy (non-hydrogen) atoms. The van der Waals surface area contributed by atoms with Crippen molar-refractivity contribution in [3.63, 3.8) is 0 Å². The van der Waals surface area contributed by atoms with Crippen LogP contribution in [0.1, 0.15) is 106 Å². The molecule has 0 aromatic rings. The van der Waals surface area contributed by atoms with Gasteiger partial charge in [-0.1, -0.05) is 51.9 Å². The zero-order chi connectivity index (χ0) is 18.3. The van der Waals surface area contributed by atoms with Crippen LogP contribution in [-0.2, 0) is 4.79 Å². The van der Waals surface area contributed by atoms with Gasteiger partial charge in [0.15, 0.2) is 0 Å². The van der Waals surface area contributed by atoms with Crippen molar-refractivity contribution < 1.29 is 14.8 Å². The second-order valence-electron chi connectivity index (χ2n) is 7.56. The van der Waals surface area contributed by atoms with E-state index in [4.69, 9.17) is 0 Å².